The molecule has 0 saturated carbocycles. The van der Waals surface area contributed by atoms with E-state index in [-0.39, 0.29) is 6.79 Å². The number of ether oxygens (including phenoxy) is 5. The van der Waals surface area contributed by atoms with Crippen molar-refractivity contribution in [3.05, 3.63) is 59.2 Å². The lowest BCUT2D eigenvalue weighted by atomic mass is 10.1. The Morgan fingerprint density at radius 1 is 0.968 bits per heavy atom. The highest BCUT2D eigenvalue weighted by atomic mass is 16.7. The van der Waals surface area contributed by atoms with Gasteiger partial charge in [-0.25, -0.2) is 4.79 Å². The van der Waals surface area contributed by atoms with Gasteiger partial charge in [-0.1, -0.05) is 25.1 Å². The van der Waals surface area contributed by atoms with Crippen LogP contribution in [0.15, 0.2) is 48.0 Å². The molecule has 0 radical (unpaired) electrons. The van der Waals surface area contributed by atoms with Crippen LogP contribution in [0.5, 0.6) is 17.2 Å². The molecule has 0 fully saturated rings. The molecule has 0 heterocycles. The van der Waals surface area contributed by atoms with Gasteiger partial charge in [-0.2, -0.15) is 0 Å². The smallest absolute Gasteiger partial charge is 0.331 e. The van der Waals surface area contributed by atoms with Crippen molar-refractivity contribution in [1.29, 1.82) is 0 Å². The maximum absolute atomic E-state index is 11.2. The van der Waals surface area contributed by atoms with E-state index in [9.17, 15) is 9.90 Å². The predicted octanol–water partition coefficient (Wildman–Crippen LogP) is 4.19. The minimum absolute atomic E-state index is 0.184. The van der Waals surface area contributed by atoms with Crippen LogP contribution < -0.4 is 14.2 Å². The molecule has 31 heavy (non-hydrogen) atoms. The molecular weight excluding hydrogens is 400 g/mol. The third kappa shape index (κ3) is 8.32. The molecule has 0 spiro atoms. The summed E-state index contributed by atoms with van der Waals surface area (Å²) >= 11 is 0. The first kappa shape index (κ1) is 24.2. The second-order valence-electron chi connectivity index (χ2n) is 6.64. The van der Waals surface area contributed by atoms with E-state index in [0.29, 0.717) is 49.7 Å². The summed E-state index contributed by atoms with van der Waals surface area (Å²) in [6, 6.07) is 13.1. The summed E-state index contributed by atoms with van der Waals surface area (Å²) in [5, 5.41) is 9.19. The van der Waals surface area contributed by atoms with E-state index in [2.05, 4.69) is 0 Å². The average Bonchev–Trinajstić information content (AvgIpc) is 2.78. The Bertz CT molecular complexity index is 844. The molecular formula is C24H30O7. The first-order valence-electron chi connectivity index (χ1n) is 10.1. The van der Waals surface area contributed by atoms with Gasteiger partial charge >= 0.3 is 5.97 Å². The molecule has 0 aliphatic carbocycles. The summed E-state index contributed by atoms with van der Waals surface area (Å²) in [7, 11) is 3.19. The molecule has 2 aromatic rings. The van der Waals surface area contributed by atoms with Crippen LogP contribution in [0.4, 0.5) is 0 Å². The molecule has 0 aromatic heterocycles. The maximum Gasteiger partial charge on any atom is 0.331 e. The highest BCUT2D eigenvalue weighted by Gasteiger charge is 2.08. The summed E-state index contributed by atoms with van der Waals surface area (Å²) in [5.41, 5.74) is 2.20. The fraction of sp³-hybridized carbons (Fsp3) is 0.375. The Hall–Kier alpha value is -3.03. The number of benzene rings is 2. The molecule has 0 atom stereocenters. The second-order valence-corrected chi connectivity index (χ2v) is 6.64. The van der Waals surface area contributed by atoms with E-state index < -0.39 is 5.97 Å². The monoisotopic (exact) mass is 430 g/mol. The summed E-state index contributed by atoms with van der Waals surface area (Å²) in [6.45, 7) is 3.50. The fourth-order valence-corrected chi connectivity index (χ4v) is 2.75. The molecule has 7 heteroatoms. The molecule has 0 saturated heterocycles. The quantitative estimate of drug-likeness (QED) is 0.273. The first-order valence-corrected chi connectivity index (χ1v) is 10.1. The minimum atomic E-state index is -0.920. The number of hydrogen-bond acceptors (Lipinski definition) is 6. The molecule has 168 valence electrons. The number of methoxy groups -OCH3 is 2. The zero-order chi connectivity index (χ0) is 22.5. The van der Waals surface area contributed by atoms with Crippen LogP contribution in [0, 0.1) is 0 Å². The number of rotatable bonds is 14. The number of carboxylic acid groups (broad SMARTS) is 1. The lowest BCUT2D eigenvalue weighted by Gasteiger charge is -2.12. The van der Waals surface area contributed by atoms with Crippen molar-refractivity contribution in [2.75, 3.05) is 40.8 Å². The van der Waals surface area contributed by atoms with Gasteiger partial charge in [0.05, 0.1) is 26.9 Å². The van der Waals surface area contributed by atoms with E-state index in [0.717, 1.165) is 16.9 Å². The van der Waals surface area contributed by atoms with Gasteiger partial charge in [-0.15, -0.1) is 0 Å². The SMILES string of the molecule is CCC(=Cc1ccc(OCCc2ccc(OCOCCOC)cc2)c(OC)c1)C(=O)O. The minimum Gasteiger partial charge on any atom is -0.493 e. The molecule has 2 aromatic carbocycles. The number of aliphatic carboxylic acids is 1. The normalized spacial score (nSPS) is 11.3. The van der Waals surface area contributed by atoms with Gasteiger partial charge in [-0.3, -0.25) is 0 Å². The fourth-order valence-electron chi connectivity index (χ4n) is 2.75. The number of hydrogen-bond donors (Lipinski definition) is 1. The van der Waals surface area contributed by atoms with Crippen molar-refractivity contribution in [2.45, 2.75) is 19.8 Å². The summed E-state index contributed by atoms with van der Waals surface area (Å²) < 4.78 is 27.0. The van der Waals surface area contributed by atoms with Crippen LogP contribution in [-0.2, 0) is 20.7 Å². The molecule has 0 aliphatic heterocycles. The Morgan fingerprint density at radius 2 is 1.74 bits per heavy atom. The first-order chi connectivity index (χ1) is 15.1. The van der Waals surface area contributed by atoms with E-state index >= 15 is 0 Å². The van der Waals surface area contributed by atoms with Crippen molar-refractivity contribution in [2.24, 2.45) is 0 Å². The van der Waals surface area contributed by atoms with Gasteiger partial charge in [0, 0.05) is 19.1 Å². The summed E-state index contributed by atoms with van der Waals surface area (Å²) in [6.07, 6.45) is 2.80. The van der Waals surface area contributed by atoms with Gasteiger partial charge in [0.1, 0.15) is 5.75 Å². The van der Waals surface area contributed by atoms with Crippen molar-refractivity contribution in [1.82, 2.24) is 0 Å². The molecule has 0 aliphatic rings. The van der Waals surface area contributed by atoms with Crippen LogP contribution in [0.3, 0.4) is 0 Å². The van der Waals surface area contributed by atoms with E-state index in [1.165, 1.54) is 0 Å². The van der Waals surface area contributed by atoms with Crippen LogP contribution in [0.25, 0.3) is 6.08 Å². The number of carbonyl (C=O) groups is 1. The molecule has 0 bridgehead atoms. The lowest BCUT2D eigenvalue weighted by Crippen LogP contribution is -2.07. The molecule has 1 N–H and O–H groups in total. The Morgan fingerprint density at radius 3 is 2.39 bits per heavy atom. The Labute approximate surface area is 183 Å². The maximum atomic E-state index is 11.2. The van der Waals surface area contributed by atoms with Crippen molar-refractivity contribution in [3.63, 3.8) is 0 Å². The molecule has 0 unspecified atom stereocenters. The van der Waals surface area contributed by atoms with Crippen LogP contribution in [0.1, 0.15) is 24.5 Å². The summed E-state index contributed by atoms with van der Waals surface area (Å²) in [4.78, 5) is 11.2. The van der Waals surface area contributed by atoms with Gasteiger partial charge in [0.15, 0.2) is 18.3 Å². The van der Waals surface area contributed by atoms with E-state index in [4.69, 9.17) is 23.7 Å². The van der Waals surface area contributed by atoms with Crippen molar-refractivity contribution < 1.29 is 33.6 Å². The van der Waals surface area contributed by atoms with Gasteiger partial charge < -0.3 is 28.8 Å². The van der Waals surface area contributed by atoms with E-state index in [1.807, 2.05) is 37.3 Å². The highest BCUT2D eigenvalue weighted by molar-refractivity contribution is 5.92. The molecule has 0 amide bonds. The lowest BCUT2D eigenvalue weighted by molar-refractivity contribution is -0.132. The van der Waals surface area contributed by atoms with Crippen LogP contribution in [0.2, 0.25) is 0 Å². The van der Waals surface area contributed by atoms with Crippen LogP contribution in [-0.4, -0.2) is 51.9 Å². The Kier molecular flexibility index (Phi) is 10.4. The average molecular weight is 430 g/mol. The topological polar surface area (TPSA) is 83.5 Å². The largest absolute Gasteiger partial charge is 0.493 e. The predicted molar refractivity (Wildman–Crippen MR) is 118 cm³/mol. The zero-order valence-corrected chi connectivity index (χ0v) is 18.3. The van der Waals surface area contributed by atoms with Gasteiger partial charge in [-0.05, 0) is 47.9 Å². The van der Waals surface area contributed by atoms with E-state index in [1.54, 1.807) is 32.4 Å². The van der Waals surface area contributed by atoms with Crippen LogP contribution >= 0.6 is 0 Å². The molecule has 7 nitrogen and oxygen atoms in total. The summed E-state index contributed by atoms with van der Waals surface area (Å²) in [5.74, 6) is 0.991. The third-order valence-electron chi connectivity index (χ3n) is 4.50. The molecule has 2 rings (SSSR count). The highest BCUT2D eigenvalue weighted by Crippen LogP contribution is 2.29. The van der Waals surface area contributed by atoms with Crippen molar-refractivity contribution in [3.8, 4) is 17.2 Å². The Balaban J connectivity index is 1.86. The number of carboxylic acids is 1. The van der Waals surface area contributed by atoms with Crippen molar-refractivity contribution >= 4 is 12.0 Å². The second kappa shape index (κ2) is 13.3. The van der Waals surface area contributed by atoms with Gasteiger partial charge in [0.2, 0.25) is 0 Å². The third-order valence-corrected chi connectivity index (χ3v) is 4.50. The van der Waals surface area contributed by atoms with Gasteiger partial charge in [0.25, 0.3) is 0 Å². The standard InChI is InChI=1S/C24H30O7/c1-4-20(24(25)26)15-19-7-10-22(23(16-19)28-3)30-12-11-18-5-8-21(9-6-18)31-17-29-14-13-27-2/h5-10,15-16H,4,11-14,17H2,1-3H3,(H,25,26). The zero-order valence-electron chi connectivity index (χ0n) is 18.3.